The number of fused-ring (bicyclic) bond motifs is 1. The van der Waals surface area contributed by atoms with Crippen LogP contribution in [0, 0.1) is 20.8 Å². The minimum atomic E-state index is -0.449. The molecule has 3 rings (SSSR count). The summed E-state index contributed by atoms with van der Waals surface area (Å²) in [4.78, 5) is 31.1. The van der Waals surface area contributed by atoms with Gasteiger partial charge in [0.1, 0.15) is 5.56 Å². The number of pyridine rings is 1. The number of thiazole rings is 1. The van der Waals surface area contributed by atoms with E-state index in [9.17, 15) is 9.59 Å². The maximum absolute atomic E-state index is 12.2. The van der Waals surface area contributed by atoms with E-state index < -0.39 is 11.5 Å². The van der Waals surface area contributed by atoms with Crippen LogP contribution in [0.15, 0.2) is 29.1 Å². The highest BCUT2D eigenvalue weighted by Gasteiger charge is 2.14. The summed E-state index contributed by atoms with van der Waals surface area (Å²) in [6, 6.07) is 7.31. The van der Waals surface area contributed by atoms with Gasteiger partial charge in [-0.15, -0.1) is 0 Å². The van der Waals surface area contributed by atoms with Crippen LogP contribution in [0.4, 0.5) is 5.13 Å². The standard InChI is InChI=1S/C16H15N3O2S/c1-8-6-9(2)13-12(7-8)22-16(18-13)19-15(21)11-5-4-10(3)17-14(11)20/h4-7H,1-3H3,(H,17,20)(H,18,19,21). The van der Waals surface area contributed by atoms with E-state index in [1.165, 1.54) is 17.4 Å². The molecule has 0 aliphatic carbocycles. The van der Waals surface area contributed by atoms with Crippen LogP contribution in [-0.2, 0) is 0 Å². The molecule has 0 radical (unpaired) electrons. The van der Waals surface area contributed by atoms with Crippen molar-refractivity contribution in [3.8, 4) is 0 Å². The van der Waals surface area contributed by atoms with E-state index in [2.05, 4.69) is 21.4 Å². The molecule has 2 aromatic heterocycles. The van der Waals surface area contributed by atoms with Gasteiger partial charge in [-0.1, -0.05) is 17.4 Å². The molecule has 6 heteroatoms. The number of anilines is 1. The number of aromatic amines is 1. The first-order valence-electron chi connectivity index (χ1n) is 6.83. The van der Waals surface area contributed by atoms with Crippen molar-refractivity contribution < 1.29 is 4.79 Å². The maximum Gasteiger partial charge on any atom is 0.263 e. The molecule has 5 nitrogen and oxygen atoms in total. The normalized spacial score (nSPS) is 10.9. The number of rotatable bonds is 2. The summed E-state index contributed by atoms with van der Waals surface area (Å²) in [5.74, 6) is -0.449. The fraction of sp³-hybridized carbons (Fsp3) is 0.188. The van der Waals surface area contributed by atoms with Gasteiger partial charge in [-0.2, -0.15) is 0 Å². The van der Waals surface area contributed by atoms with Crippen molar-refractivity contribution in [3.63, 3.8) is 0 Å². The Morgan fingerprint density at radius 2 is 2.00 bits per heavy atom. The molecule has 1 aromatic carbocycles. The molecule has 3 aromatic rings. The lowest BCUT2D eigenvalue weighted by Crippen LogP contribution is -2.23. The molecule has 0 aliphatic rings. The smallest absolute Gasteiger partial charge is 0.263 e. The van der Waals surface area contributed by atoms with Crippen LogP contribution in [0.5, 0.6) is 0 Å². The van der Waals surface area contributed by atoms with E-state index in [-0.39, 0.29) is 5.56 Å². The molecule has 2 N–H and O–H groups in total. The molecule has 1 amide bonds. The Labute approximate surface area is 131 Å². The van der Waals surface area contributed by atoms with Gasteiger partial charge < -0.3 is 4.98 Å². The molecule has 22 heavy (non-hydrogen) atoms. The van der Waals surface area contributed by atoms with Gasteiger partial charge in [0.15, 0.2) is 5.13 Å². The molecule has 0 spiro atoms. The monoisotopic (exact) mass is 313 g/mol. The Hall–Kier alpha value is -2.47. The predicted octanol–water partition coefficient (Wildman–Crippen LogP) is 3.16. The fourth-order valence-electron chi connectivity index (χ4n) is 2.34. The van der Waals surface area contributed by atoms with E-state index >= 15 is 0 Å². The van der Waals surface area contributed by atoms with Gasteiger partial charge in [0, 0.05) is 5.69 Å². The summed E-state index contributed by atoms with van der Waals surface area (Å²) in [6.45, 7) is 5.78. The Morgan fingerprint density at radius 1 is 1.23 bits per heavy atom. The van der Waals surface area contributed by atoms with Crippen LogP contribution in [-0.4, -0.2) is 15.9 Å². The van der Waals surface area contributed by atoms with Crippen molar-refractivity contribution in [2.45, 2.75) is 20.8 Å². The highest BCUT2D eigenvalue weighted by Crippen LogP contribution is 2.29. The summed E-state index contributed by atoms with van der Waals surface area (Å²) >= 11 is 1.40. The van der Waals surface area contributed by atoms with Crippen molar-refractivity contribution in [1.82, 2.24) is 9.97 Å². The summed E-state index contributed by atoms with van der Waals surface area (Å²) in [5, 5.41) is 3.20. The Morgan fingerprint density at radius 3 is 2.73 bits per heavy atom. The Balaban J connectivity index is 1.94. The number of aromatic nitrogens is 2. The van der Waals surface area contributed by atoms with Gasteiger partial charge in [0.2, 0.25) is 0 Å². The van der Waals surface area contributed by atoms with Crippen LogP contribution in [0.1, 0.15) is 27.2 Å². The van der Waals surface area contributed by atoms with E-state index in [1.54, 1.807) is 13.0 Å². The van der Waals surface area contributed by atoms with Crippen LogP contribution < -0.4 is 10.9 Å². The second kappa shape index (κ2) is 5.38. The van der Waals surface area contributed by atoms with Gasteiger partial charge >= 0.3 is 0 Å². The summed E-state index contributed by atoms with van der Waals surface area (Å²) in [5.41, 5.74) is 3.50. The average molecular weight is 313 g/mol. The minimum absolute atomic E-state index is 0.0813. The van der Waals surface area contributed by atoms with Gasteiger partial charge in [-0.25, -0.2) is 4.98 Å². The lowest BCUT2D eigenvalue weighted by Gasteiger charge is -2.01. The van der Waals surface area contributed by atoms with Crippen molar-refractivity contribution >= 4 is 32.6 Å². The lowest BCUT2D eigenvalue weighted by molar-refractivity contribution is 0.102. The number of carbonyl (C=O) groups is 1. The number of aryl methyl sites for hydroxylation is 3. The second-order valence-corrected chi connectivity index (χ2v) is 6.32. The van der Waals surface area contributed by atoms with Gasteiger partial charge in [-0.3, -0.25) is 14.9 Å². The molecule has 0 fully saturated rings. The van der Waals surface area contributed by atoms with Crippen molar-refractivity contribution in [3.05, 3.63) is 57.0 Å². The molecular weight excluding hydrogens is 298 g/mol. The fourth-order valence-corrected chi connectivity index (χ4v) is 3.38. The van der Waals surface area contributed by atoms with Crippen LogP contribution >= 0.6 is 11.3 Å². The van der Waals surface area contributed by atoms with E-state index in [0.29, 0.717) is 10.8 Å². The van der Waals surface area contributed by atoms with Crippen molar-refractivity contribution in [2.75, 3.05) is 5.32 Å². The summed E-state index contributed by atoms with van der Waals surface area (Å²) < 4.78 is 1.02. The molecule has 0 aliphatic heterocycles. The highest BCUT2D eigenvalue weighted by atomic mass is 32.1. The van der Waals surface area contributed by atoms with Gasteiger partial charge in [0.25, 0.3) is 11.5 Å². The number of H-pyrrole nitrogens is 1. The first-order chi connectivity index (χ1) is 10.4. The molecule has 0 saturated heterocycles. The molecule has 0 atom stereocenters. The average Bonchev–Trinajstić information content (AvgIpc) is 2.81. The quantitative estimate of drug-likeness (QED) is 0.763. The molecule has 112 valence electrons. The first-order valence-corrected chi connectivity index (χ1v) is 7.65. The third-order valence-electron chi connectivity index (χ3n) is 3.35. The molecule has 0 bridgehead atoms. The van der Waals surface area contributed by atoms with Crippen molar-refractivity contribution in [2.24, 2.45) is 0 Å². The first kappa shape index (κ1) is 14.5. The van der Waals surface area contributed by atoms with E-state index in [0.717, 1.165) is 21.3 Å². The van der Waals surface area contributed by atoms with Crippen LogP contribution in [0.3, 0.4) is 0 Å². The Bertz CT molecular complexity index is 940. The second-order valence-electron chi connectivity index (χ2n) is 5.29. The third-order valence-corrected chi connectivity index (χ3v) is 4.27. The number of benzene rings is 1. The van der Waals surface area contributed by atoms with Crippen LogP contribution in [0.2, 0.25) is 0 Å². The number of amides is 1. The zero-order valence-corrected chi connectivity index (χ0v) is 13.3. The van der Waals surface area contributed by atoms with Crippen LogP contribution in [0.25, 0.3) is 10.2 Å². The van der Waals surface area contributed by atoms with E-state index in [1.807, 2.05) is 19.9 Å². The SMILES string of the molecule is Cc1cc(C)c2nc(NC(=O)c3ccc(C)[nH]c3=O)sc2c1. The molecule has 2 heterocycles. The lowest BCUT2D eigenvalue weighted by atomic mass is 10.1. The largest absolute Gasteiger partial charge is 0.326 e. The van der Waals surface area contributed by atoms with Gasteiger partial charge in [0.05, 0.1) is 10.2 Å². The maximum atomic E-state index is 12.2. The summed E-state index contributed by atoms with van der Waals surface area (Å²) in [7, 11) is 0. The molecule has 0 saturated carbocycles. The zero-order valence-electron chi connectivity index (χ0n) is 12.5. The van der Waals surface area contributed by atoms with E-state index in [4.69, 9.17) is 0 Å². The Kier molecular flexibility index (Phi) is 3.54. The zero-order chi connectivity index (χ0) is 15.9. The topological polar surface area (TPSA) is 74.8 Å². The number of nitrogens with zero attached hydrogens (tertiary/aromatic N) is 1. The highest BCUT2D eigenvalue weighted by molar-refractivity contribution is 7.22. The van der Waals surface area contributed by atoms with Gasteiger partial charge in [-0.05, 0) is 50.1 Å². The number of nitrogens with one attached hydrogen (secondary N) is 2. The third kappa shape index (κ3) is 2.65. The molecule has 0 unspecified atom stereocenters. The molecular formula is C16H15N3O2S. The van der Waals surface area contributed by atoms with Crippen molar-refractivity contribution in [1.29, 1.82) is 0 Å². The summed E-state index contributed by atoms with van der Waals surface area (Å²) in [6.07, 6.45) is 0. The number of carbonyl (C=O) groups excluding carboxylic acids is 1. The number of hydrogen-bond acceptors (Lipinski definition) is 4. The number of hydrogen-bond donors (Lipinski definition) is 2. The predicted molar refractivity (Wildman–Crippen MR) is 88.8 cm³/mol. The minimum Gasteiger partial charge on any atom is -0.326 e.